The summed E-state index contributed by atoms with van der Waals surface area (Å²) in [5.41, 5.74) is 2.13. The molecule has 116 valence electrons. The van der Waals surface area contributed by atoms with Gasteiger partial charge >= 0.3 is 0 Å². The number of rotatable bonds is 4. The number of halogens is 1. The van der Waals surface area contributed by atoms with E-state index in [1.54, 1.807) is 7.11 Å². The first-order chi connectivity index (χ1) is 10.1. The van der Waals surface area contributed by atoms with Crippen molar-refractivity contribution in [3.05, 3.63) is 17.5 Å². The molecule has 2 heterocycles. The highest BCUT2D eigenvalue weighted by Gasteiger charge is 2.39. The summed E-state index contributed by atoms with van der Waals surface area (Å²) in [6, 6.07) is 0. The Morgan fingerprint density at radius 1 is 1.52 bits per heavy atom. The third kappa shape index (κ3) is 2.69. The summed E-state index contributed by atoms with van der Waals surface area (Å²) in [7, 11) is 1.66. The van der Waals surface area contributed by atoms with E-state index in [0.717, 1.165) is 17.8 Å². The van der Waals surface area contributed by atoms with Crippen LogP contribution in [0, 0.1) is 5.92 Å². The van der Waals surface area contributed by atoms with E-state index >= 15 is 0 Å². The average Bonchev–Trinajstić information content (AvgIpc) is 2.87. The molecular weight excluding hydrogens is 273 g/mol. The van der Waals surface area contributed by atoms with Crippen molar-refractivity contribution in [2.24, 2.45) is 5.92 Å². The van der Waals surface area contributed by atoms with E-state index in [1.807, 2.05) is 22.7 Å². The second-order valence-corrected chi connectivity index (χ2v) is 6.03. The van der Waals surface area contributed by atoms with Gasteiger partial charge in [-0.2, -0.15) is 5.10 Å². The molecule has 0 bridgehead atoms. The number of methoxy groups -OCH3 is 1. The highest BCUT2D eigenvalue weighted by molar-refractivity contribution is 5.80. The Morgan fingerprint density at radius 3 is 2.90 bits per heavy atom. The molecule has 0 N–H and O–H groups in total. The van der Waals surface area contributed by atoms with E-state index in [1.165, 1.54) is 0 Å². The third-order valence-electron chi connectivity index (χ3n) is 4.49. The lowest BCUT2D eigenvalue weighted by molar-refractivity contribution is -0.142. The smallest absolute Gasteiger partial charge is 0.226 e. The van der Waals surface area contributed by atoms with Crippen LogP contribution in [0.15, 0.2) is 6.20 Å². The van der Waals surface area contributed by atoms with Crippen LogP contribution in [0.3, 0.4) is 0 Å². The Hall–Kier alpha value is -1.43. The van der Waals surface area contributed by atoms with E-state index in [-0.39, 0.29) is 17.7 Å². The number of ether oxygens (including phenoxy) is 1. The van der Waals surface area contributed by atoms with Crippen molar-refractivity contribution < 1.29 is 13.9 Å². The van der Waals surface area contributed by atoms with Crippen LogP contribution in [0.4, 0.5) is 4.39 Å². The monoisotopic (exact) mass is 295 g/mol. The molecule has 5 nitrogen and oxygen atoms in total. The Kier molecular flexibility index (Phi) is 3.97. The fourth-order valence-electron chi connectivity index (χ4n) is 3.24. The normalized spacial score (nSPS) is 28.1. The van der Waals surface area contributed by atoms with Crippen molar-refractivity contribution in [3.8, 4) is 0 Å². The highest BCUT2D eigenvalue weighted by Crippen LogP contribution is 2.35. The van der Waals surface area contributed by atoms with Gasteiger partial charge in [0.15, 0.2) is 0 Å². The zero-order valence-electron chi connectivity index (χ0n) is 12.6. The molecule has 1 amide bonds. The number of amides is 1. The third-order valence-corrected chi connectivity index (χ3v) is 4.49. The van der Waals surface area contributed by atoms with Gasteiger partial charge < -0.3 is 9.64 Å². The number of carbonyl (C=O) groups is 1. The van der Waals surface area contributed by atoms with E-state index in [2.05, 4.69) is 5.10 Å². The van der Waals surface area contributed by atoms with Crippen molar-refractivity contribution in [2.45, 2.75) is 44.9 Å². The van der Waals surface area contributed by atoms with Gasteiger partial charge in [-0.15, -0.1) is 0 Å². The molecule has 2 aliphatic rings. The first-order valence-electron chi connectivity index (χ1n) is 7.60. The van der Waals surface area contributed by atoms with Crippen molar-refractivity contribution in [1.29, 1.82) is 0 Å². The summed E-state index contributed by atoms with van der Waals surface area (Å²) in [6.45, 7) is 4.61. The number of aryl methyl sites for hydroxylation is 1. The molecule has 1 aliphatic carbocycles. The van der Waals surface area contributed by atoms with Crippen LogP contribution in [0.1, 0.15) is 36.9 Å². The minimum Gasteiger partial charge on any atom is -0.384 e. The molecule has 0 unspecified atom stereocenters. The summed E-state index contributed by atoms with van der Waals surface area (Å²) in [4.78, 5) is 14.3. The molecule has 1 atom stereocenters. The fourth-order valence-corrected chi connectivity index (χ4v) is 3.24. The molecule has 21 heavy (non-hydrogen) atoms. The van der Waals surface area contributed by atoms with E-state index in [0.29, 0.717) is 32.5 Å². The predicted molar refractivity (Wildman–Crippen MR) is 75.6 cm³/mol. The van der Waals surface area contributed by atoms with Crippen LogP contribution in [0.25, 0.3) is 0 Å². The summed E-state index contributed by atoms with van der Waals surface area (Å²) < 4.78 is 20.2. The molecule has 0 saturated heterocycles. The quantitative estimate of drug-likeness (QED) is 0.850. The van der Waals surface area contributed by atoms with Gasteiger partial charge in [-0.05, 0) is 19.8 Å². The molecule has 1 aromatic rings. The predicted octanol–water partition coefficient (Wildman–Crippen LogP) is 1.72. The molecule has 0 aromatic carbocycles. The van der Waals surface area contributed by atoms with Crippen molar-refractivity contribution in [2.75, 3.05) is 20.3 Å². The summed E-state index contributed by atoms with van der Waals surface area (Å²) in [5.74, 6) is 0.0580. The van der Waals surface area contributed by atoms with Crippen LogP contribution >= 0.6 is 0 Å². The zero-order valence-corrected chi connectivity index (χ0v) is 12.6. The number of alkyl halides is 1. The first-order valence-corrected chi connectivity index (χ1v) is 7.60. The zero-order chi connectivity index (χ0) is 15.0. The van der Waals surface area contributed by atoms with Crippen LogP contribution < -0.4 is 0 Å². The highest BCUT2D eigenvalue weighted by atomic mass is 19.1. The standard InChI is InChI=1S/C15H22FN3O2/c1-3-19-8-11-6-18(15(20)10-4-13(16)5-10)7-12(9-21-2)14(11)17-19/h8,10,12-13H,3-7,9H2,1-2H3/t10?,12-,13?/m1/s1. The average molecular weight is 295 g/mol. The van der Waals surface area contributed by atoms with Crippen LogP contribution in [0.5, 0.6) is 0 Å². The molecule has 1 saturated carbocycles. The van der Waals surface area contributed by atoms with E-state index < -0.39 is 6.17 Å². The van der Waals surface area contributed by atoms with Gasteiger partial charge in [0.2, 0.25) is 5.91 Å². The SMILES string of the molecule is CCn1cc2c(n1)[C@@H](COC)CN(C(=O)C1CC(F)C1)C2. The van der Waals surface area contributed by atoms with Crippen molar-refractivity contribution in [1.82, 2.24) is 14.7 Å². The molecule has 3 rings (SSSR count). The summed E-state index contributed by atoms with van der Waals surface area (Å²) in [6.07, 6.45) is 1.98. The maximum Gasteiger partial charge on any atom is 0.226 e. The van der Waals surface area contributed by atoms with Gasteiger partial charge in [-0.3, -0.25) is 9.48 Å². The molecule has 1 fully saturated rings. The van der Waals surface area contributed by atoms with Gasteiger partial charge in [0.25, 0.3) is 0 Å². The Balaban J connectivity index is 1.78. The lowest BCUT2D eigenvalue weighted by Gasteiger charge is -2.37. The number of nitrogens with zero attached hydrogens (tertiary/aromatic N) is 3. The Bertz CT molecular complexity index is 525. The van der Waals surface area contributed by atoms with E-state index in [4.69, 9.17) is 4.74 Å². The van der Waals surface area contributed by atoms with Gasteiger partial charge in [0.05, 0.1) is 12.3 Å². The van der Waals surface area contributed by atoms with Crippen molar-refractivity contribution >= 4 is 5.91 Å². The van der Waals surface area contributed by atoms with Gasteiger partial charge in [-0.25, -0.2) is 4.39 Å². The first kappa shape index (κ1) is 14.5. The lowest BCUT2D eigenvalue weighted by Crippen LogP contribution is -2.46. The molecular formula is C15H22FN3O2. The van der Waals surface area contributed by atoms with Gasteiger partial charge in [0.1, 0.15) is 6.17 Å². The largest absolute Gasteiger partial charge is 0.384 e. The number of aromatic nitrogens is 2. The lowest BCUT2D eigenvalue weighted by atomic mass is 9.81. The second kappa shape index (κ2) is 5.75. The number of hydrogen-bond acceptors (Lipinski definition) is 3. The number of hydrogen-bond donors (Lipinski definition) is 0. The molecule has 1 aliphatic heterocycles. The minimum atomic E-state index is -0.795. The van der Waals surface area contributed by atoms with Crippen molar-refractivity contribution in [3.63, 3.8) is 0 Å². The van der Waals surface area contributed by atoms with Gasteiger partial charge in [-0.1, -0.05) is 0 Å². The minimum absolute atomic E-state index is 0.0832. The fraction of sp³-hybridized carbons (Fsp3) is 0.733. The maximum absolute atomic E-state index is 13.0. The summed E-state index contributed by atoms with van der Waals surface area (Å²) >= 11 is 0. The second-order valence-electron chi connectivity index (χ2n) is 6.03. The maximum atomic E-state index is 13.0. The molecule has 0 radical (unpaired) electrons. The molecule has 0 spiro atoms. The number of carbonyl (C=O) groups excluding carboxylic acids is 1. The Morgan fingerprint density at radius 2 is 2.29 bits per heavy atom. The summed E-state index contributed by atoms with van der Waals surface area (Å²) in [5, 5.41) is 4.59. The van der Waals surface area contributed by atoms with Crippen LogP contribution in [0.2, 0.25) is 0 Å². The number of fused-ring (bicyclic) bond motifs is 1. The Labute approximate surface area is 124 Å². The van der Waals surface area contributed by atoms with Gasteiger partial charge in [0, 0.05) is 50.3 Å². The van der Waals surface area contributed by atoms with Crippen LogP contribution in [-0.2, 0) is 22.6 Å². The van der Waals surface area contributed by atoms with Crippen LogP contribution in [-0.4, -0.2) is 47.0 Å². The topological polar surface area (TPSA) is 47.4 Å². The molecule has 1 aromatic heterocycles. The molecule has 6 heteroatoms. The van der Waals surface area contributed by atoms with E-state index in [9.17, 15) is 9.18 Å².